The molecule has 0 radical (unpaired) electrons. The monoisotopic (exact) mass is 328 g/mol. The van der Waals surface area contributed by atoms with Crippen molar-refractivity contribution in [1.82, 2.24) is 25.5 Å². The van der Waals surface area contributed by atoms with Crippen molar-refractivity contribution >= 4 is 11.9 Å². The van der Waals surface area contributed by atoms with Crippen LogP contribution in [0.3, 0.4) is 0 Å². The summed E-state index contributed by atoms with van der Waals surface area (Å²) in [5, 5.41) is 20.6. The Morgan fingerprint density at radius 2 is 2.21 bits per heavy atom. The quantitative estimate of drug-likeness (QED) is 0.733. The molecule has 24 heavy (non-hydrogen) atoms. The maximum atomic E-state index is 12.4. The highest BCUT2D eigenvalue weighted by Crippen LogP contribution is 2.25. The van der Waals surface area contributed by atoms with E-state index in [1.807, 2.05) is 4.90 Å². The Morgan fingerprint density at radius 3 is 3.04 bits per heavy atom. The van der Waals surface area contributed by atoms with Gasteiger partial charge < -0.3 is 15.3 Å². The molecule has 1 aliphatic carbocycles. The van der Waals surface area contributed by atoms with Crippen molar-refractivity contribution in [2.45, 2.75) is 31.3 Å². The third-order valence-corrected chi connectivity index (χ3v) is 4.77. The van der Waals surface area contributed by atoms with Crippen molar-refractivity contribution in [1.29, 1.82) is 0 Å². The lowest BCUT2D eigenvalue weighted by Gasteiger charge is -2.23. The van der Waals surface area contributed by atoms with Crippen LogP contribution >= 0.6 is 0 Å². The number of carbonyl (C=O) groups excluding carboxylic acids is 1. The van der Waals surface area contributed by atoms with E-state index in [1.165, 1.54) is 0 Å². The van der Waals surface area contributed by atoms with Crippen LogP contribution in [0.4, 0.5) is 5.95 Å². The summed E-state index contributed by atoms with van der Waals surface area (Å²) in [6.07, 6.45) is 6.81. The Labute approximate surface area is 139 Å². The summed E-state index contributed by atoms with van der Waals surface area (Å²) in [7, 11) is 0. The molecular formula is C16H20N6O2. The fourth-order valence-corrected chi connectivity index (χ4v) is 3.46. The molecular weight excluding hydrogens is 308 g/mol. The Hall–Kier alpha value is -2.48. The number of amides is 1. The predicted octanol–water partition coefficient (Wildman–Crippen LogP) is 0.0596. The first-order valence-electron chi connectivity index (χ1n) is 8.23. The number of nitrogens with zero attached hydrogens (tertiary/aromatic N) is 4. The van der Waals surface area contributed by atoms with Crippen LogP contribution in [-0.2, 0) is 12.8 Å². The van der Waals surface area contributed by atoms with Gasteiger partial charge in [-0.05, 0) is 31.7 Å². The first kappa shape index (κ1) is 15.1. The van der Waals surface area contributed by atoms with Crippen molar-refractivity contribution in [3.63, 3.8) is 0 Å². The smallest absolute Gasteiger partial charge is 0.272 e. The average molecular weight is 328 g/mol. The number of fused-ring (bicyclic) bond motifs is 1. The maximum Gasteiger partial charge on any atom is 0.272 e. The first-order chi connectivity index (χ1) is 11.6. The summed E-state index contributed by atoms with van der Waals surface area (Å²) in [4.78, 5) is 22.7. The molecule has 3 N–H and O–H groups in total. The summed E-state index contributed by atoms with van der Waals surface area (Å²) in [5.74, 6) is 0.377. The molecule has 1 unspecified atom stereocenters. The molecule has 2 aliphatic rings. The molecule has 126 valence electrons. The van der Waals surface area contributed by atoms with Gasteiger partial charge in [-0.15, -0.1) is 0 Å². The molecule has 2 aromatic rings. The molecule has 0 bridgehead atoms. The van der Waals surface area contributed by atoms with E-state index in [0.717, 1.165) is 30.5 Å². The minimum Gasteiger partial charge on any atom is -0.386 e. The molecule has 1 aliphatic heterocycles. The lowest BCUT2D eigenvalue weighted by atomic mass is 10.0. The Balaban J connectivity index is 1.38. The van der Waals surface area contributed by atoms with E-state index in [0.29, 0.717) is 31.2 Å². The summed E-state index contributed by atoms with van der Waals surface area (Å²) < 4.78 is 0. The molecule has 4 rings (SSSR count). The predicted molar refractivity (Wildman–Crippen MR) is 86.8 cm³/mol. The zero-order chi connectivity index (χ0) is 16.6. The lowest BCUT2D eigenvalue weighted by molar-refractivity contribution is 0.0573. The standard InChI is InChI=1S/C16H20N6O2/c23-14(13-11-3-1-4-12(11)20-21-13)19-9-16(24)5-8-22(10-16)15-17-6-2-7-18-15/h2,6-7,24H,1,3-5,8-10H2,(H,19,23)(H,20,21). The van der Waals surface area contributed by atoms with Crippen LogP contribution in [0.15, 0.2) is 18.5 Å². The van der Waals surface area contributed by atoms with Crippen molar-refractivity contribution < 1.29 is 9.90 Å². The number of aryl methyl sites for hydroxylation is 1. The zero-order valence-corrected chi connectivity index (χ0v) is 13.3. The number of aliphatic hydroxyl groups is 1. The van der Waals surface area contributed by atoms with Crippen molar-refractivity contribution in [2.24, 2.45) is 0 Å². The van der Waals surface area contributed by atoms with E-state index in [2.05, 4.69) is 25.5 Å². The second-order valence-electron chi connectivity index (χ2n) is 6.51. The third kappa shape index (κ3) is 2.73. The Kier molecular flexibility index (Phi) is 3.68. The number of aromatic nitrogens is 4. The Bertz CT molecular complexity index is 746. The number of hydrogen-bond donors (Lipinski definition) is 3. The highest BCUT2D eigenvalue weighted by atomic mass is 16.3. The molecule has 3 heterocycles. The maximum absolute atomic E-state index is 12.4. The minimum atomic E-state index is -0.978. The second-order valence-corrected chi connectivity index (χ2v) is 6.51. The summed E-state index contributed by atoms with van der Waals surface area (Å²) in [5.41, 5.74) is 1.57. The molecule has 1 saturated heterocycles. The molecule has 1 fully saturated rings. The second kappa shape index (κ2) is 5.86. The number of anilines is 1. The number of aromatic amines is 1. The molecule has 8 nitrogen and oxygen atoms in total. The average Bonchev–Trinajstić information content (AvgIpc) is 3.29. The number of hydrogen-bond acceptors (Lipinski definition) is 6. The van der Waals surface area contributed by atoms with Crippen LogP contribution in [0.5, 0.6) is 0 Å². The molecule has 2 aromatic heterocycles. The molecule has 0 aromatic carbocycles. The van der Waals surface area contributed by atoms with Gasteiger partial charge >= 0.3 is 0 Å². The summed E-state index contributed by atoms with van der Waals surface area (Å²) >= 11 is 0. The summed E-state index contributed by atoms with van der Waals surface area (Å²) in [6.45, 7) is 1.25. The van der Waals surface area contributed by atoms with Crippen molar-refractivity contribution in [3.8, 4) is 0 Å². The molecule has 8 heteroatoms. The van der Waals surface area contributed by atoms with Gasteiger partial charge in [0.15, 0.2) is 5.69 Å². The number of carbonyl (C=O) groups is 1. The SMILES string of the molecule is O=C(NCC1(O)CCN(c2ncccn2)C1)c1n[nH]c2c1CCC2. The highest BCUT2D eigenvalue weighted by Gasteiger charge is 2.37. The van der Waals surface area contributed by atoms with E-state index < -0.39 is 5.60 Å². The normalized spacial score (nSPS) is 22.6. The van der Waals surface area contributed by atoms with E-state index in [4.69, 9.17) is 0 Å². The lowest BCUT2D eigenvalue weighted by Crippen LogP contribution is -2.45. The minimum absolute atomic E-state index is 0.191. The van der Waals surface area contributed by atoms with Crippen LogP contribution in [0.25, 0.3) is 0 Å². The first-order valence-corrected chi connectivity index (χ1v) is 8.23. The van der Waals surface area contributed by atoms with E-state index >= 15 is 0 Å². The van der Waals surface area contributed by atoms with Crippen LogP contribution in [0, 0.1) is 0 Å². The van der Waals surface area contributed by atoms with Gasteiger partial charge in [-0.1, -0.05) is 0 Å². The fraction of sp³-hybridized carbons (Fsp3) is 0.500. The van der Waals surface area contributed by atoms with Gasteiger partial charge in [0.05, 0.1) is 6.54 Å². The van der Waals surface area contributed by atoms with Gasteiger partial charge in [0.25, 0.3) is 5.91 Å². The van der Waals surface area contributed by atoms with Crippen LogP contribution in [-0.4, -0.2) is 56.4 Å². The van der Waals surface area contributed by atoms with Crippen molar-refractivity contribution in [3.05, 3.63) is 35.4 Å². The highest BCUT2D eigenvalue weighted by molar-refractivity contribution is 5.94. The molecule has 0 spiro atoms. The third-order valence-electron chi connectivity index (χ3n) is 4.77. The van der Waals surface area contributed by atoms with Crippen molar-refractivity contribution in [2.75, 3.05) is 24.5 Å². The summed E-state index contributed by atoms with van der Waals surface area (Å²) in [6, 6.07) is 1.76. The van der Waals surface area contributed by atoms with Crippen LogP contribution < -0.4 is 10.2 Å². The molecule has 0 saturated carbocycles. The Morgan fingerprint density at radius 1 is 1.38 bits per heavy atom. The largest absolute Gasteiger partial charge is 0.386 e. The number of H-pyrrole nitrogens is 1. The van der Waals surface area contributed by atoms with Gasteiger partial charge in [0.1, 0.15) is 5.60 Å². The van der Waals surface area contributed by atoms with Gasteiger partial charge in [-0.2, -0.15) is 5.10 Å². The fourth-order valence-electron chi connectivity index (χ4n) is 3.46. The molecule has 1 atom stereocenters. The van der Waals surface area contributed by atoms with Gasteiger partial charge in [-0.25, -0.2) is 9.97 Å². The van der Waals surface area contributed by atoms with Gasteiger partial charge in [0.2, 0.25) is 5.95 Å². The van der Waals surface area contributed by atoms with Gasteiger partial charge in [0, 0.05) is 36.7 Å². The molecule has 1 amide bonds. The van der Waals surface area contributed by atoms with Crippen LogP contribution in [0.2, 0.25) is 0 Å². The zero-order valence-electron chi connectivity index (χ0n) is 13.3. The van der Waals surface area contributed by atoms with E-state index in [1.54, 1.807) is 18.5 Å². The number of nitrogens with one attached hydrogen (secondary N) is 2. The number of β-amino-alcohol motifs (C(OH)–C–C–N with tert-alkyl or cyclic N) is 1. The van der Waals surface area contributed by atoms with E-state index in [-0.39, 0.29) is 12.5 Å². The van der Waals surface area contributed by atoms with Crippen LogP contribution in [0.1, 0.15) is 34.6 Å². The number of rotatable bonds is 4. The van der Waals surface area contributed by atoms with E-state index in [9.17, 15) is 9.90 Å². The van der Waals surface area contributed by atoms with Gasteiger partial charge in [-0.3, -0.25) is 9.89 Å². The topological polar surface area (TPSA) is 107 Å².